The molecule has 96 valence electrons. The highest BCUT2D eigenvalue weighted by molar-refractivity contribution is 7.22. The highest BCUT2D eigenvalue weighted by Crippen LogP contribution is 2.44. The van der Waals surface area contributed by atoms with Gasteiger partial charge in [0.05, 0.1) is 10.2 Å². The van der Waals surface area contributed by atoms with Crippen molar-refractivity contribution in [1.29, 1.82) is 0 Å². The number of nitrogens with one attached hydrogen (secondary N) is 1. The zero-order valence-corrected chi connectivity index (χ0v) is 11.2. The van der Waals surface area contributed by atoms with Crippen LogP contribution >= 0.6 is 11.3 Å². The van der Waals surface area contributed by atoms with Crippen molar-refractivity contribution in [2.45, 2.75) is 25.7 Å². The Morgan fingerprint density at radius 3 is 2.83 bits per heavy atom. The third-order valence-electron chi connectivity index (χ3n) is 3.96. The Bertz CT molecular complexity index is 500. The number of nitrogens with zero attached hydrogens (tertiary/aromatic N) is 1. The molecule has 1 aromatic heterocycles. The number of benzene rings is 1. The van der Waals surface area contributed by atoms with Crippen molar-refractivity contribution in [3.05, 3.63) is 24.3 Å². The average Bonchev–Trinajstić information content (AvgIpc) is 2.75. The molecule has 4 heteroatoms. The van der Waals surface area contributed by atoms with Crippen LogP contribution in [0, 0.1) is 5.41 Å². The van der Waals surface area contributed by atoms with Gasteiger partial charge in [0.1, 0.15) is 0 Å². The fourth-order valence-electron chi connectivity index (χ4n) is 2.64. The molecule has 1 heterocycles. The smallest absolute Gasteiger partial charge is 0.183 e. The molecule has 0 amide bonds. The van der Waals surface area contributed by atoms with Gasteiger partial charge < -0.3 is 10.4 Å². The number of anilines is 1. The number of aliphatic hydroxyl groups is 1. The summed E-state index contributed by atoms with van der Waals surface area (Å²) in [6.07, 6.45) is 4.66. The maximum atomic E-state index is 9.14. The fourth-order valence-corrected chi connectivity index (χ4v) is 3.50. The second-order valence-electron chi connectivity index (χ2n) is 5.17. The molecule has 3 rings (SSSR count). The van der Waals surface area contributed by atoms with Gasteiger partial charge in [-0.1, -0.05) is 29.9 Å². The van der Waals surface area contributed by atoms with Crippen molar-refractivity contribution in [2.24, 2.45) is 5.41 Å². The first kappa shape index (κ1) is 11.9. The number of thiazole rings is 1. The number of para-hydroxylation sites is 1. The van der Waals surface area contributed by atoms with Gasteiger partial charge in [0.2, 0.25) is 0 Å². The Hall–Kier alpha value is -1.13. The summed E-state index contributed by atoms with van der Waals surface area (Å²) < 4.78 is 1.23. The second-order valence-corrected chi connectivity index (χ2v) is 6.20. The van der Waals surface area contributed by atoms with E-state index in [1.54, 1.807) is 11.3 Å². The van der Waals surface area contributed by atoms with Crippen molar-refractivity contribution >= 4 is 26.7 Å². The van der Waals surface area contributed by atoms with E-state index in [4.69, 9.17) is 5.11 Å². The van der Waals surface area contributed by atoms with Gasteiger partial charge >= 0.3 is 0 Å². The zero-order chi connectivity index (χ0) is 12.4. The second kappa shape index (κ2) is 4.86. The number of aromatic nitrogens is 1. The molecule has 3 nitrogen and oxygen atoms in total. The highest BCUT2D eigenvalue weighted by atomic mass is 32.1. The molecule has 0 spiro atoms. The van der Waals surface area contributed by atoms with E-state index in [-0.39, 0.29) is 0 Å². The standard InChI is InChI=1S/C14H18N2OS/c17-9-8-14(6-3-7-14)10-15-13-16-11-4-1-2-5-12(11)18-13/h1-2,4-5,17H,3,6-10H2,(H,15,16). The maximum absolute atomic E-state index is 9.14. The predicted octanol–water partition coefficient (Wildman–Crippen LogP) is 3.26. The lowest BCUT2D eigenvalue weighted by Crippen LogP contribution is -2.37. The molecule has 0 saturated heterocycles. The lowest BCUT2D eigenvalue weighted by molar-refractivity contribution is 0.102. The van der Waals surface area contributed by atoms with Crippen LogP contribution in [-0.2, 0) is 0 Å². The molecule has 0 atom stereocenters. The number of hydrogen-bond acceptors (Lipinski definition) is 4. The summed E-state index contributed by atoms with van der Waals surface area (Å²) in [6, 6.07) is 8.21. The normalized spacial score (nSPS) is 17.6. The molecule has 0 radical (unpaired) electrons. The van der Waals surface area contributed by atoms with E-state index in [1.165, 1.54) is 24.0 Å². The Morgan fingerprint density at radius 2 is 2.17 bits per heavy atom. The maximum Gasteiger partial charge on any atom is 0.183 e. The van der Waals surface area contributed by atoms with Gasteiger partial charge in [0, 0.05) is 13.2 Å². The lowest BCUT2D eigenvalue weighted by Gasteiger charge is -2.41. The third-order valence-corrected chi connectivity index (χ3v) is 4.96. The van der Waals surface area contributed by atoms with Crippen LogP contribution in [0.1, 0.15) is 25.7 Å². The Morgan fingerprint density at radius 1 is 1.33 bits per heavy atom. The van der Waals surface area contributed by atoms with Gasteiger partial charge in [-0.05, 0) is 36.8 Å². The van der Waals surface area contributed by atoms with Crippen LogP contribution in [0.2, 0.25) is 0 Å². The SMILES string of the molecule is OCCC1(CNc2nc3ccccc3s2)CCC1. The van der Waals surface area contributed by atoms with Gasteiger partial charge in [0.15, 0.2) is 5.13 Å². The average molecular weight is 262 g/mol. The molecule has 1 saturated carbocycles. The van der Waals surface area contributed by atoms with Gasteiger partial charge in [-0.3, -0.25) is 0 Å². The van der Waals surface area contributed by atoms with Crippen LogP contribution in [0.3, 0.4) is 0 Å². The van der Waals surface area contributed by atoms with Crippen LogP contribution in [0.5, 0.6) is 0 Å². The molecule has 1 fully saturated rings. The summed E-state index contributed by atoms with van der Waals surface area (Å²) in [5, 5.41) is 13.6. The van der Waals surface area contributed by atoms with E-state index in [9.17, 15) is 0 Å². The number of hydrogen-bond donors (Lipinski definition) is 2. The Labute approximate surface area is 111 Å². The first-order valence-electron chi connectivity index (χ1n) is 6.52. The highest BCUT2D eigenvalue weighted by Gasteiger charge is 2.36. The van der Waals surface area contributed by atoms with Gasteiger partial charge in [-0.2, -0.15) is 0 Å². The lowest BCUT2D eigenvalue weighted by atomic mass is 9.67. The van der Waals surface area contributed by atoms with Crippen molar-refractivity contribution in [3.8, 4) is 0 Å². The molecule has 1 aliphatic rings. The van der Waals surface area contributed by atoms with Crippen LogP contribution < -0.4 is 5.32 Å². The molecular formula is C14H18N2OS. The van der Waals surface area contributed by atoms with Crippen molar-refractivity contribution < 1.29 is 5.11 Å². The molecule has 2 N–H and O–H groups in total. The minimum atomic E-state index is 0.293. The van der Waals surface area contributed by atoms with E-state index < -0.39 is 0 Å². The fraction of sp³-hybridized carbons (Fsp3) is 0.500. The van der Waals surface area contributed by atoms with Crippen LogP contribution in [0.25, 0.3) is 10.2 Å². The molecule has 2 aromatic rings. The van der Waals surface area contributed by atoms with Gasteiger partial charge in [0.25, 0.3) is 0 Å². The minimum absolute atomic E-state index is 0.293. The number of aliphatic hydroxyl groups excluding tert-OH is 1. The quantitative estimate of drug-likeness (QED) is 0.869. The monoisotopic (exact) mass is 262 g/mol. The Kier molecular flexibility index (Phi) is 3.22. The largest absolute Gasteiger partial charge is 0.396 e. The van der Waals surface area contributed by atoms with Gasteiger partial charge in [-0.15, -0.1) is 0 Å². The molecule has 0 bridgehead atoms. The molecule has 0 unspecified atom stereocenters. The van der Waals surface area contributed by atoms with Crippen LogP contribution in [0.15, 0.2) is 24.3 Å². The Balaban J connectivity index is 1.69. The topological polar surface area (TPSA) is 45.1 Å². The summed E-state index contributed by atoms with van der Waals surface area (Å²) in [6.45, 7) is 1.23. The van der Waals surface area contributed by atoms with Crippen molar-refractivity contribution in [3.63, 3.8) is 0 Å². The molecule has 18 heavy (non-hydrogen) atoms. The van der Waals surface area contributed by atoms with Crippen LogP contribution in [-0.4, -0.2) is 23.2 Å². The molecular weight excluding hydrogens is 244 g/mol. The summed E-state index contributed by atoms with van der Waals surface area (Å²) in [5.41, 5.74) is 1.38. The number of fused-ring (bicyclic) bond motifs is 1. The molecule has 1 aromatic carbocycles. The predicted molar refractivity (Wildman–Crippen MR) is 76.1 cm³/mol. The van der Waals surface area contributed by atoms with E-state index in [2.05, 4.69) is 16.4 Å². The minimum Gasteiger partial charge on any atom is -0.396 e. The summed E-state index contributed by atoms with van der Waals surface area (Å²) >= 11 is 1.71. The van der Waals surface area contributed by atoms with Crippen LogP contribution in [0.4, 0.5) is 5.13 Å². The van der Waals surface area contributed by atoms with Crippen molar-refractivity contribution in [2.75, 3.05) is 18.5 Å². The molecule has 1 aliphatic carbocycles. The first-order chi connectivity index (χ1) is 8.81. The third kappa shape index (κ3) is 2.22. The van der Waals surface area contributed by atoms with E-state index in [0.29, 0.717) is 12.0 Å². The zero-order valence-electron chi connectivity index (χ0n) is 10.4. The van der Waals surface area contributed by atoms with E-state index >= 15 is 0 Å². The number of rotatable bonds is 5. The summed E-state index contributed by atoms with van der Waals surface area (Å²) in [4.78, 5) is 4.58. The summed E-state index contributed by atoms with van der Waals surface area (Å²) in [7, 11) is 0. The molecule has 0 aliphatic heterocycles. The summed E-state index contributed by atoms with van der Waals surface area (Å²) in [5.74, 6) is 0. The first-order valence-corrected chi connectivity index (χ1v) is 7.33. The van der Waals surface area contributed by atoms with Crippen molar-refractivity contribution in [1.82, 2.24) is 4.98 Å². The van der Waals surface area contributed by atoms with E-state index in [0.717, 1.165) is 23.6 Å². The van der Waals surface area contributed by atoms with Gasteiger partial charge in [-0.25, -0.2) is 4.98 Å². The van der Waals surface area contributed by atoms with E-state index in [1.807, 2.05) is 18.2 Å².